The van der Waals surface area contributed by atoms with E-state index in [-0.39, 0.29) is 6.54 Å². The molecule has 0 bridgehead atoms. The number of rotatable bonds is 5. The van der Waals surface area contributed by atoms with Crippen molar-refractivity contribution in [3.05, 3.63) is 78.2 Å². The van der Waals surface area contributed by atoms with Crippen molar-refractivity contribution in [1.82, 2.24) is 19.6 Å². The van der Waals surface area contributed by atoms with E-state index in [2.05, 4.69) is 16.5 Å². The van der Waals surface area contributed by atoms with E-state index >= 15 is 0 Å². The highest BCUT2D eigenvalue weighted by atomic mass is 16.5. The summed E-state index contributed by atoms with van der Waals surface area (Å²) in [6.07, 6.45) is 3.25. The van der Waals surface area contributed by atoms with Crippen LogP contribution in [-0.2, 0) is 24.5 Å². The molecule has 1 aliphatic heterocycles. The minimum atomic E-state index is -0.934. The maximum absolute atomic E-state index is 10.8. The molecule has 1 aliphatic rings. The van der Waals surface area contributed by atoms with Crippen molar-refractivity contribution in [2.75, 3.05) is 5.32 Å². The Morgan fingerprint density at radius 1 is 1.13 bits per heavy atom. The molecule has 2 aromatic heterocycles. The third-order valence-corrected chi connectivity index (χ3v) is 4.91. The predicted molar refractivity (Wildman–Crippen MR) is 111 cm³/mol. The molecule has 0 aliphatic carbocycles. The summed E-state index contributed by atoms with van der Waals surface area (Å²) in [5, 5.41) is 20.9. The zero-order valence-corrected chi connectivity index (χ0v) is 16.0. The largest absolute Gasteiger partial charge is 0.487 e. The van der Waals surface area contributed by atoms with Crippen LogP contribution < -0.4 is 10.1 Å². The summed E-state index contributed by atoms with van der Waals surface area (Å²) in [6.45, 7) is 0.895. The molecule has 0 atom stereocenters. The molecule has 0 amide bonds. The van der Waals surface area contributed by atoms with Crippen LogP contribution in [0.5, 0.6) is 5.75 Å². The molecule has 0 fully saturated rings. The number of aliphatic carboxylic acids is 1. The first-order chi connectivity index (χ1) is 14.6. The van der Waals surface area contributed by atoms with Gasteiger partial charge in [-0.15, -0.1) is 0 Å². The van der Waals surface area contributed by atoms with E-state index in [0.717, 1.165) is 34.0 Å². The maximum Gasteiger partial charge on any atom is 0.325 e. The Bertz CT molecular complexity index is 1210. The zero-order valence-electron chi connectivity index (χ0n) is 16.0. The van der Waals surface area contributed by atoms with Gasteiger partial charge in [0.1, 0.15) is 18.9 Å². The second-order valence-corrected chi connectivity index (χ2v) is 7.10. The highest BCUT2D eigenvalue weighted by molar-refractivity contribution is 5.67. The van der Waals surface area contributed by atoms with Gasteiger partial charge in [0, 0.05) is 29.1 Å². The number of hydrogen-bond acceptors (Lipinski definition) is 5. The van der Waals surface area contributed by atoms with Gasteiger partial charge < -0.3 is 15.2 Å². The average Bonchev–Trinajstić information content (AvgIpc) is 3.31. The molecule has 0 unspecified atom stereocenters. The maximum atomic E-state index is 10.8. The molecule has 0 radical (unpaired) electrons. The van der Waals surface area contributed by atoms with Crippen molar-refractivity contribution < 1.29 is 14.6 Å². The van der Waals surface area contributed by atoms with Crippen LogP contribution in [0.4, 0.5) is 11.4 Å². The summed E-state index contributed by atoms with van der Waals surface area (Å²) in [5.74, 6) is -0.138. The molecule has 8 nitrogen and oxygen atoms in total. The fraction of sp³-hybridized carbons (Fsp3) is 0.136. The normalized spacial score (nSPS) is 12.4. The zero-order chi connectivity index (χ0) is 20.5. The van der Waals surface area contributed by atoms with Gasteiger partial charge in [0.15, 0.2) is 0 Å². The highest BCUT2D eigenvalue weighted by Gasteiger charge is 2.17. The lowest BCUT2D eigenvalue weighted by Crippen LogP contribution is -2.08. The lowest BCUT2D eigenvalue weighted by atomic mass is 10.1. The first-order valence-electron chi connectivity index (χ1n) is 9.53. The van der Waals surface area contributed by atoms with Crippen LogP contribution in [0, 0.1) is 0 Å². The van der Waals surface area contributed by atoms with Crippen molar-refractivity contribution in [3.63, 3.8) is 0 Å². The van der Waals surface area contributed by atoms with Crippen molar-refractivity contribution in [2.45, 2.75) is 19.7 Å². The van der Waals surface area contributed by atoms with Crippen molar-refractivity contribution in [1.29, 1.82) is 0 Å². The molecule has 8 heteroatoms. The van der Waals surface area contributed by atoms with E-state index in [1.54, 1.807) is 12.4 Å². The Hall–Kier alpha value is -4.07. The van der Waals surface area contributed by atoms with E-state index in [4.69, 9.17) is 14.9 Å². The molecule has 2 aromatic carbocycles. The smallest absolute Gasteiger partial charge is 0.325 e. The van der Waals surface area contributed by atoms with E-state index in [1.807, 2.05) is 53.2 Å². The number of carboxylic acids is 1. The fourth-order valence-electron chi connectivity index (χ4n) is 3.49. The van der Waals surface area contributed by atoms with Gasteiger partial charge in [-0.2, -0.15) is 10.2 Å². The van der Waals surface area contributed by atoms with Gasteiger partial charge in [0.05, 0.1) is 29.8 Å². The van der Waals surface area contributed by atoms with Crippen LogP contribution in [0.2, 0.25) is 0 Å². The number of ether oxygens (including phenoxy) is 1. The molecule has 30 heavy (non-hydrogen) atoms. The van der Waals surface area contributed by atoms with E-state index in [0.29, 0.717) is 18.8 Å². The summed E-state index contributed by atoms with van der Waals surface area (Å²) >= 11 is 0. The third-order valence-electron chi connectivity index (χ3n) is 4.91. The number of nitrogens with zero attached hydrogens (tertiary/aromatic N) is 4. The first-order valence-corrected chi connectivity index (χ1v) is 9.53. The molecule has 0 saturated heterocycles. The lowest BCUT2D eigenvalue weighted by molar-refractivity contribution is -0.137. The molecule has 150 valence electrons. The molecule has 4 aromatic rings. The monoisotopic (exact) mass is 401 g/mol. The molecule has 5 rings (SSSR count). The Morgan fingerprint density at radius 3 is 2.83 bits per heavy atom. The number of hydrogen-bond donors (Lipinski definition) is 2. The number of carboxylic acid groups (broad SMARTS) is 1. The van der Waals surface area contributed by atoms with Crippen molar-refractivity contribution in [2.24, 2.45) is 0 Å². The molecular weight excluding hydrogens is 382 g/mol. The van der Waals surface area contributed by atoms with Crippen molar-refractivity contribution in [3.8, 4) is 17.0 Å². The fourth-order valence-corrected chi connectivity index (χ4v) is 3.49. The van der Waals surface area contributed by atoms with Gasteiger partial charge in [0.25, 0.3) is 0 Å². The topological polar surface area (TPSA) is 94.2 Å². The van der Waals surface area contributed by atoms with Gasteiger partial charge in [-0.1, -0.05) is 36.4 Å². The Morgan fingerprint density at radius 2 is 2.00 bits per heavy atom. The first kappa shape index (κ1) is 18.0. The molecular formula is C22H19N5O3. The molecule has 0 spiro atoms. The van der Waals surface area contributed by atoms with Gasteiger partial charge in [-0.05, 0) is 12.1 Å². The van der Waals surface area contributed by atoms with Crippen LogP contribution >= 0.6 is 0 Å². The van der Waals surface area contributed by atoms with Crippen LogP contribution in [0.1, 0.15) is 11.3 Å². The highest BCUT2D eigenvalue weighted by Crippen LogP contribution is 2.30. The molecule has 2 N–H and O–H groups in total. The Kier molecular flexibility index (Phi) is 4.44. The minimum absolute atomic E-state index is 0.175. The minimum Gasteiger partial charge on any atom is -0.487 e. The number of benzene rings is 2. The summed E-state index contributed by atoms with van der Waals surface area (Å²) in [6, 6.07) is 18.1. The summed E-state index contributed by atoms with van der Waals surface area (Å²) in [4.78, 5) is 10.8. The van der Waals surface area contributed by atoms with Crippen LogP contribution in [0.25, 0.3) is 11.3 Å². The molecule has 0 saturated carbocycles. The Labute approximate surface area is 172 Å². The summed E-state index contributed by atoms with van der Waals surface area (Å²) < 4.78 is 9.41. The van der Waals surface area contributed by atoms with Crippen LogP contribution in [0.3, 0.4) is 0 Å². The second kappa shape index (κ2) is 7.40. The van der Waals surface area contributed by atoms with E-state index < -0.39 is 5.97 Å². The average molecular weight is 401 g/mol. The second-order valence-electron chi connectivity index (χ2n) is 7.10. The van der Waals surface area contributed by atoms with E-state index in [1.165, 1.54) is 4.68 Å². The number of carbonyl (C=O) groups is 1. The summed E-state index contributed by atoms with van der Waals surface area (Å²) in [7, 11) is 0. The number of nitrogens with one attached hydrogen (secondary N) is 1. The van der Waals surface area contributed by atoms with Crippen molar-refractivity contribution >= 4 is 17.3 Å². The van der Waals surface area contributed by atoms with Gasteiger partial charge >= 0.3 is 5.97 Å². The quantitative estimate of drug-likeness (QED) is 0.531. The van der Waals surface area contributed by atoms with Gasteiger partial charge in [0.2, 0.25) is 0 Å². The van der Waals surface area contributed by atoms with Gasteiger partial charge in [-0.3, -0.25) is 14.2 Å². The number of aromatic nitrogens is 4. The number of anilines is 2. The van der Waals surface area contributed by atoms with Gasteiger partial charge in [-0.25, -0.2) is 0 Å². The lowest BCUT2D eigenvalue weighted by Gasteiger charge is -2.10. The standard InChI is InChI=1S/C22H19N5O3/c28-22(29)13-26-12-18(10-23-26)24-17-7-6-16-11-27-19(14-30-21(16)8-17)9-20(25-27)15-4-2-1-3-5-15/h1-10,12,24H,11,13-14H2,(H,28,29). The van der Waals surface area contributed by atoms with Crippen LogP contribution in [0.15, 0.2) is 67.0 Å². The molecule has 3 heterocycles. The number of fused-ring (bicyclic) bond motifs is 2. The summed E-state index contributed by atoms with van der Waals surface area (Å²) in [5.41, 5.74) is 5.65. The third kappa shape index (κ3) is 3.62. The van der Waals surface area contributed by atoms with Crippen LogP contribution in [-0.4, -0.2) is 30.6 Å². The Balaban J connectivity index is 1.35. The predicted octanol–water partition coefficient (Wildman–Crippen LogP) is 3.52. The SMILES string of the molecule is O=C(O)Cn1cc(Nc2ccc3c(c2)OCc2cc(-c4ccccc4)nn2C3)cn1. The van der Waals surface area contributed by atoms with E-state index in [9.17, 15) is 4.79 Å².